The zero-order valence-corrected chi connectivity index (χ0v) is 25.6. The van der Waals surface area contributed by atoms with Crippen LogP contribution in [-0.2, 0) is 28.5 Å². The molecule has 0 bridgehead atoms. The molecule has 9 atom stereocenters. The average molecular weight is 587 g/mol. The lowest BCUT2D eigenvalue weighted by molar-refractivity contribution is -0.218. The van der Waals surface area contributed by atoms with Crippen LogP contribution in [-0.4, -0.2) is 54.4 Å². The Morgan fingerprint density at radius 2 is 1.74 bits per heavy atom. The molecule has 0 aliphatic heterocycles. The third-order valence-corrected chi connectivity index (χ3v) is 11.0. The molecule has 4 aliphatic carbocycles. The smallest absolute Gasteiger partial charge is 0.335 e. The van der Waals surface area contributed by atoms with Crippen molar-refractivity contribution in [1.82, 2.24) is 0 Å². The van der Waals surface area contributed by atoms with Gasteiger partial charge in [-0.1, -0.05) is 25.5 Å². The highest BCUT2D eigenvalue weighted by Gasteiger charge is 2.66. The van der Waals surface area contributed by atoms with Gasteiger partial charge in [0, 0.05) is 25.3 Å². The van der Waals surface area contributed by atoms with Crippen LogP contribution in [0.2, 0.25) is 0 Å². The summed E-state index contributed by atoms with van der Waals surface area (Å²) in [7, 11) is 0. The molecule has 0 saturated heterocycles. The number of carbonyl (C=O) groups excluding carboxylic acids is 2. The molecule has 0 spiro atoms. The number of rotatable bonds is 9. The van der Waals surface area contributed by atoms with Crippen LogP contribution in [0, 0.1) is 22.7 Å². The van der Waals surface area contributed by atoms with Gasteiger partial charge >= 0.3 is 17.6 Å². The quantitative estimate of drug-likeness (QED) is 0.241. The van der Waals surface area contributed by atoms with E-state index in [4.69, 9.17) is 23.4 Å². The monoisotopic (exact) mass is 586 g/mol. The summed E-state index contributed by atoms with van der Waals surface area (Å²) in [5, 5.41) is 12.5. The molecule has 9 heteroatoms. The summed E-state index contributed by atoms with van der Waals surface area (Å²) in [6.45, 7) is 9.13. The molecule has 1 aromatic heterocycles. The first-order valence-corrected chi connectivity index (χ1v) is 15.5. The Kier molecular flexibility index (Phi) is 8.76. The molecule has 3 unspecified atom stereocenters. The Balaban J connectivity index is 1.30. The first-order valence-electron chi connectivity index (χ1n) is 15.5. The lowest BCUT2D eigenvalue weighted by atomic mass is 9.45. The molecular weight excluding hydrogens is 540 g/mol. The maximum Gasteiger partial charge on any atom is 0.335 e. The predicted octanol–water partition coefficient (Wildman–Crippen LogP) is 5.04. The van der Waals surface area contributed by atoms with Crippen molar-refractivity contribution in [3.8, 4) is 0 Å². The van der Waals surface area contributed by atoms with Crippen LogP contribution < -0.4 is 5.63 Å². The molecule has 42 heavy (non-hydrogen) atoms. The number of ether oxygens (including phenoxy) is 4. The number of hydrogen-bond donors (Lipinski definition) is 1. The van der Waals surface area contributed by atoms with Gasteiger partial charge in [0.25, 0.3) is 0 Å². The SMILES string of the molecule is CC(=O)OC[C@H](O[C@@H]1C=C2CCC3C(CC[C@]4(C)C(c5ccc(=O)oc5)CC[C@]34O)[C@@]2(C)CC1)O[C@@H](C)COC(C)=O. The molecule has 0 aromatic carbocycles. The Hall–Kier alpha value is -2.49. The van der Waals surface area contributed by atoms with E-state index in [1.807, 2.05) is 6.07 Å². The summed E-state index contributed by atoms with van der Waals surface area (Å²) in [5.41, 5.74) is 0.994. The van der Waals surface area contributed by atoms with Gasteiger partial charge in [-0.15, -0.1) is 0 Å². The minimum atomic E-state index is -0.782. The first-order chi connectivity index (χ1) is 19.9. The summed E-state index contributed by atoms with van der Waals surface area (Å²) in [6.07, 6.45) is 9.61. The number of carbonyl (C=O) groups is 2. The highest BCUT2D eigenvalue weighted by Crippen LogP contribution is 2.70. The summed E-state index contributed by atoms with van der Waals surface area (Å²) in [5.74, 6) is -0.0522. The van der Waals surface area contributed by atoms with Gasteiger partial charge in [0.05, 0.1) is 24.1 Å². The van der Waals surface area contributed by atoms with Gasteiger partial charge in [-0.25, -0.2) is 4.79 Å². The van der Waals surface area contributed by atoms with Crippen LogP contribution in [0.25, 0.3) is 0 Å². The number of esters is 2. The molecule has 4 aliphatic rings. The fraction of sp³-hybridized carbons (Fsp3) is 0.727. The van der Waals surface area contributed by atoms with Crippen molar-refractivity contribution in [3.63, 3.8) is 0 Å². The molecule has 5 rings (SSSR count). The van der Waals surface area contributed by atoms with E-state index in [-0.39, 0.29) is 53.6 Å². The zero-order valence-electron chi connectivity index (χ0n) is 25.6. The van der Waals surface area contributed by atoms with Gasteiger partial charge in [0.1, 0.15) is 13.2 Å². The third-order valence-electron chi connectivity index (χ3n) is 11.0. The Labute approximate surface area is 247 Å². The van der Waals surface area contributed by atoms with Crippen molar-refractivity contribution < 1.29 is 38.1 Å². The lowest BCUT2D eigenvalue weighted by Crippen LogP contribution is -2.60. The first kappa shape index (κ1) is 31.0. The number of fused-ring (bicyclic) bond motifs is 5. The van der Waals surface area contributed by atoms with E-state index in [1.54, 1.807) is 13.2 Å². The van der Waals surface area contributed by atoms with Gasteiger partial charge in [-0.2, -0.15) is 0 Å². The minimum absolute atomic E-state index is 0.0215. The summed E-state index contributed by atoms with van der Waals surface area (Å²) in [4.78, 5) is 34.3. The highest BCUT2D eigenvalue weighted by molar-refractivity contribution is 5.66. The van der Waals surface area contributed by atoms with Crippen molar-refractivity contribution in [2.45, 2.75) is 116 Å². The Morgan fingerprint density at radius 1 is 1.00 bits per heavy atom. The van der Waals surface area contributed by atoms with E-state index < -0.39 is 24.0 Å². The van der Waals surface area contributed by atoms with Crippen molar-refractivity contribution in [2.75, 3.05) is 13.2 Å². The molecule has 0 amide bonds. The van der Waals surface area contributed by atoms with Gasteiger partial charge < -0.3 is 28.5 Å². The topological polar surface area (TPSA) is 122 Å². The second-order valence-electron chi connectivity index (χ2n) is 13.4. The number of aliphatic hydroxyl groups is 1. The maximum atomic E-state index is 12.5. The van der Waals surface area contributed by atoms with Crippen molar-refractivity contribution >= 4 is 11.9 Å². The standard InChI is InChI=1S/C33H46O9/c1-20(17-38-21(2)34)41-30(19-39-22(3)35)42-25-10-13-31(4)24(16-25)7-8-28-27(31)11-14-32(5)26(12-15-33(28,32)37)23-6-9-29(36)40-18-23/h6,9,16,18,20,25-28,30,37H,7-8,10-15,17,19H2,1-5H3/t20-,25-,26?,27?,28?,30-,31-,32+,33-/m0/s1. The highest BCUT2D eigenvalue weighted by atomic mass is 16.7. The fourth-order valence-electron chi connectivity index (χ4n) is 8.90. The fourth-order valence-corrected chi connectivity index (χ4v) is 8.90. The van der Waals surface area contributed by atoms with Gasteiger partial charge in [0.15, 0.2) is 6.29 Å². The normalized spacial score (nSPS) is 37.0. The van der Waals surface area contributed by atoms with Crippen LogP contribution >= 0.6 is 0 Å². The molecular formula is C33H46O9. The second kappa shape index (κ2) is 11.9. The molecule has 1 N–H and O–H groups in total. The van der Waals surface area contributed by atoms with Crippen LogP contribution in [0.1, 0.15) is 97.5 Å². The maximum absolute atomic E-state index is 12.5. The minimum Gasteiger partial charge on any atom is -0.463 e. The van der Waals surface area contributed by atoms with Gasteiger partial charge in [-0.05, 0) is 93.1 Å². The summed E-state index contributed by atoms with van der Waals surface area (Å²) >= 11 is 0. The van der Waals surface area contributed by atoms with E-state index in [0.717, 1.165) is 56.9 Å². The lowest BCUT2D eigenvalue weighted by Gasteiger charge is -2.62. The Bertz CT molecular complexity index is 1230. The predicted molar refractivity (Wildman–Crippen MR) is 153 cm³/mol. The molecule has 1 heterocycles. The molecule has 0 radical (unpaired) electrons. The van der Waals surface area contributed by atoms with Gasteiger partial charge in [0.2, 0.25) is 0 Å². The van der Waals surface area contributed by atoms with Crippen LogP contribution in [0.5, 0.6) is 0 Å². The summed E-state index contributed by atoms with van der Waals surface area (Å²) in [6, 6.07) is 3.36. The third kappa shape index (κ3) is 5.72. The van der Waals surface area contributed by atoms with E-state index >= 15 is 0 Å². The largest absolute Gasteiger partial charge is 0.463 e. The number of hydrogen-bond acceptors (Lipinski definition) is 9. The molecule has 3 saturated carbocycles. The summed E-state index contributed by atoms with van der Waals surface area (Å²) < 4.78 is 27.8. The van der Waals surface area contributed by atoms with Crippen molar-refractivity contribution in [3.05, 3.63) is 46.0 Å². The van der Waals surface area contributed by atoms with E-state index in [9.17, 15) is 19.5 Å². The zero-order chi connectivity index (χ0) is 30.3. The van der Waals surface area contributed by atoms with Crippen LogP contribution in [0.4, 0.5) is 0 Å². The Morgan fingerprint density at radius 3 is 2.43 bits per heavy atom. The molecule has 232 valence electrons. The molecule has 9 nitrogen and oxygen atoms in total. The van der Waals surface area contributed by atoms with Crippen LogP contribution in [0.15, 0.2) is 39.3 Å². The second-order valence-corrected chi connectivity index (χ2v) is 13.4. The van der Waals surface area contributed by atoms with Crippen molar-refractivity contribution in [2.24, 2.45) is 22.7 Å². The van der Waals surface area contributed by atoms with Gasteiger partial charge in [-0.3, -0.25) is 9.59 Å². The average Bonchev–Trinajstić information content (AvgIpc) is 3.22. The van der Waals surface area contributed by atoms with Crippen molar-refractivity contribution in [1.29, 1.82) is 0 Å². The van der Waals surface area contributed by atoms with Crippen LogP contribution in [0.3, 0.4) is 0 Å². The van der Waals surface area contributed by atoms with E-state index in [0.29, 0.717) is 5.92 Å². The molecule has 1 aromatic rings. The number of allylic oxidation sites excluding steroid dienone is 1. The van der Waals surface area contributed by atoms with E-state index in [1.165, 1.54) is 25.5 Å². The van der Waals surface area contributed by atoms with E-state index in [2.05, 4.69) is 19.9 Å². The molecule has 3 fully saturated rings.